The molecule has 0 aromatic heterocycles. The molecule has 96 valence electrons. The molecule has 1 aromatic carbocycles. The normalized spacial score (nSPS) is 19.4. The van der Waals surface area contributed by atoms with Crippen LogP contribution in [0.3, 0.4) is 0 Å². The Morgan fingerprint density at radius 3 is 2.61 bits per heavy atom. The molecule has 0 saturated carbocycles. The number of hydrogen-bond donors (Lipinski definition) is 0. The van der Waals surface area contributed by atoms with E-state index in [2.05, 4.69) is 11.0 Å². The summed E-state index contributed by atoms with van der Waals surface area (Å²) in [4.78, 5) is 2.23. The molecule has 1 aliphatic rings. The van der Waals surface area contributed by atoms with Gasteiger partial charge in [0, 0.05) is 25.2 Å². The summed E-state index contributed by atoms with van der Waals surface area (Å²) in [7, 11) is 0. The van der Waals surface area contributed by atoms with Crippen LogP contribution in [0, 0.1) is 17.1 Å². The van der Waals surface area contributed by atoms with Crippen LogP contribution in [0.15, 0.2) is 24.3 Å². The van der Waals surface area contributed by atoms with Crippen LogP contribution in [0.5, 0.6) is 0 Å². The summed E-state index contributed by atoms with van der Waals surface area (Å²) in [5, 5.41) is 9.21. The second-order valence-corrected chi connectivity index (χ2v) is 5.87. The molecule has 0 N–H and O–H groups in total. The Bertz CT molecular complexity index is 447. The zero-order valence-electron chi connectivity index (χ0n) is 10.5. The van der Waals surface area contributed by atoms with Crippen LogP contribution < -0.4 is 0 Å². The number of halogens is 1. The summed E-state index contributed by atoms with van der Waals surface area (Å²) in [6.07, 6.45) is 3.72. The zero-order chi connectivity index (χ0) is 13.0. The Hall–Kier alpha value is -1.05. The standard InChI is InChI=1S/C14H17FN2S/c1-18-14(11-16)6-8-17(9-7-14)10-12-4-2-3-5-13(12)15/h2-5H,6-10H2,1H3. The maximum Gasteiger partial charge on any atom is 0.127 e. The number of thioether (sulfide) groups is 1. The van der Waals surface area contributed by atoms with Crippen molar-refractivity contribution in [2.24, 2.45) is 0 Å². The van der Waals surface area contributed by atoms with Crippen molar-refractivity contribution in [3.63, 3.8) is 0 Å². The fourth-order valence-corrected chi connectivity index (χ4v) is 2.98. The van der Waals surface area contributed by atoms with Gasteiger partial charge in [-0.15, -0.1) is 11.8 Å². The monoisotopic (exact) mass is 264 g/mol. The van der Waals surface area contributed by atoms with Crippen molar-refractivity contribution in [3.8, 4) is 6.07 Å². The third-order valence-electron chi connectivity index (χ3n) is 3.61. The predicted molar refractivity (Wildman–Crippen MR) is 72.8 cm³/mol. The highest BCUT2D eigenvalue weighted by Gasteiger charge is 2.33. The Labute approximate surface area is 112 Å². The van der Waals surface area contributed by atoms with E-state index in [0.717, 1.165) is 31.5 Å². The lowest BCUT2D eigenvalue weighted by atomic mass is 9.97. The fourth-order valence-electron chi connectivity index (χ4n) is 2.30. The maximum absolute atomic E-state index is 13.5. The fraction of sp³-hybridized carbons (Fsp3) is 0.500. The van der Waals surface area contributed by atoms with E-state index in [4.69, 9.17) is 0 Å². The Morgan fingerprint density at radius 2 is 2.06 bits per heavy atom. The molecule has 0 amide bonds. The molecule has 2 nitrogen and oxygen atoms in total. The van der Waals surface area contributed by atoms with E-state index in [1.807, 2.05) is 18.4 Å². The zero-order valence-corrected chi connectivity index (χ0v) is 11.3. The number of nitrogens with zero attached hydrogens (tertiary/aromatic N) is 2. The number of hydrogen-bond acceptors (Lipinski definition) is 3. The third kappa shape index (κ3) is 2.85. The molecule has 1 fully saturated rings. The summed E-state index contributed by atoms with van der Waals surface area (Å²) in [5.74, 6) is -0.139. The predicted octanol–water partition coefficient (Wildman–Crippen LogP) is 3.05. The summed E-state index contributed by atoms with van der Waals surface area (Å²) in [6, 6.07) is 9.33. The largest absolute Gasteiger partial charge is 0.299 e. The van der Waals surface area contributed by atoms with Crippen LogP contribution in [-0.4, -0.2) is 29.0 Å². The van der Waals surface area contributed by atoms with Crippen LogP contribution in [0.25, 0.3) is 0 Å². The minimum atomic E-state index is -0.230. The molecule has 0 spiro atoms. The Balaban J connectivity index is 1.96. The maximum atomic E-state index is 13.5. The first-order valence-electron chi connectivity index (χ1n) is 6.11. The number of rotatable bonds is 3. The van der Waals surface area contributed by atoms with Crippen molar-refractivity contribution in [1.29, 1.82) is 5.26 Å². The summed E-state index contributed by atoms with van der Waals surface area (Å²) >= 11 is 1.64. The topological polar surface area (TPSA) is 27.0 Å². The minimum Gasteiger partial charge on any atom is -0.299 e. The number of nitriles is 1. The van der Waals surface area contributed by atoms with E-state index in [1.165, 1.54) is 6.07 Å². The van der Waals surface area contributed by atoms with Gasteiger partial charge in [-0.1, -0.05) is 18.2 Å². The van der Waals surface area contributed by atoms with Crippen LogP contribution in [0.2, 0.25) is 0 Å². The lowest BCUT2D eigenvalue weighted by Gasteiger charge is -2.36. The van der Waals surface area contributed by atoms with Gasteiger partial charge in [-0.05, 0) is 25.2 Å². The number of benzene rings is 1. The van der Waals surface area contributed by atoms with Gasteiger partial charge >= 0.3 is 0 Å². The lowest BCUT2D eigenvalue weighted by molar-refractivity contribution is 0.207. The molecular formula is C14H17FN2S. The molecule has 0 unspecified atom stereocenters. The van der Waals surface area contributed by atoms with E-state index in [9.17, 15) is 9.65 Å². The SMILES string of the molecule is CSC1(C#N)CCN(Cc2ccccc2F)CC1. The van der Waals surface area contributed by atoms with Crippen LogP contribution in [0.1, 0.15) is 18.4 Å². The van der Waals surface area contributed by atoms with E-state index < -0.39 is 0 Å². The van der Waals surface area contributed by atoms with Gasteiger partial charge in [0.05, 0.1) is 6.07 Å². The highest BCUT2D eigenvalue weighted by atomic mass is 32.2. The van der Waals surface area contributed by atoms with E-state index >= 15 is 0 Å². The van der Waals surface area contributed by atoms with E-state index in [0.29, 0.717) is 6.54 Å². The lowest BCUT2D eigenvalue weighted by Crippen LogP contribution is -2.41. The number of piperidine rings is 1. The Morgan fingerprint density at radius 1 is 1.39 bits per heavy atom. The van der Waals surface area contributed by atoms with Crippen LogP contribution in [0.4, 0.5) is 4.39 Å². The molecule has 0 atom stereocenters. The first-order chi connectivity index (χ1) is 8.69. The molecule has 18 heavy (non-hydrogen) atoms. The third-order valence-corrected chi connectivity index (χ3v) is 4.89. The summed E-state index contributed by atoms with van der Waals surface area (Å²) in [5.41, 5.74) is 0.742. The summed E-state index contributed by atoms with van der Waals surface area (Å²) < 4.78 is 13.3. The highest BCUT2D eigenvalue weighted by molar-refractivity contribution is 8.00. The molecule has 1 aliphatic heterocycles. The second-order valence-electron chi connectivity index (χ2n) is 4.68. The van der Waals surface area contributed by atoms with E-state index in [-0.39, 0.29) is 10.6 Å². The molecule has 4 heteroatoms. The number of likely N-dealkylation sites (tertiary alicyclic amines) is 1. The first-order valence-corrected chi connectivity index (χ1v) is 7.34. The molecule has 0 aliphatic carbocycles. The van der Waals surface area contributed by atoms with Crippen LogP contribution >= 0.6 is 11.8 Å². The van der Waals surface area contributed by atoms with Crippen molar-refractivity contribution in [2.45, 2.75) is 24.1 Å². The molecule has 1 heterocycles. The molecule has 1 saturated heterocycles. The molecule has 0 bridgehead atoms. The average molecular weight is 264 g/mol. The van der Waals surface area contributed by atoms with Crippen molar-refractivity contribution < 1.29 is 4.39 Å². The van der Waals surface area contributed by atoms with Crippen molar-refractivity contribution in [1.82, 2.24) is 4.90 Å². The van der Waals surface area contributed by atoms with Crippen molar-refractivity contribution >= 4 is 11.8 Å². The van der Waals surface area contributed by atoms with Gasteiger partial charge in [-0.2, -0.15) is 5.26 Å². The smallest absolute Gasteiger partial charge is 0.127 e. The second kappa shape index (κ2) is 5.73. The van der Waals surface area contributed by atoms with Gasteiger partial charge in [0.15, 0.2) is 0 Å². The van der Waals surface area contributed by atoms with Gasteiger partial charge < -0.3 is 0 Å². The summed E-state index contributed by atoms with van der Waals surface area (Å²) in [6.45, 7) is 2.37. The van der Waals surface area contributed by atoms with Gasteiger partial charge in [-0.25, -0.2) is 4.39 Å². The van der Waals surface area contributed by atoms with Gasteiger partial charge in [0.1, 0.15) is 10.6 Å². The Kier molecular flexibility index (Phi) is 4.26. The quantitative estimate of drug-likeness (QED) is 0.839. The van der Waals surface area contributed by atoms with E-state index in [1.54, 1.807) is 17.8 Å². The van der Waals surface area contributed by atoms with Crippen molar-refractivity contribution in [3.05, 3.63) is 35.6 Å². The average Bonchev–Trinajstić information content (AvgIpc) is 2.43. The molecule has 1 aromatic rings. The molecule has 0 radical (unpaired) electrons. The molecule has 2 rings (SSSR count). The minimum absolute atomic E-state index is 0.139. The van der Waals surface area contributed by atoms with Gasteiger partial charge in [0.2, 0.25) is 0 Å². The highest BCUT2D eigenvalue weighted by Crippen LogP contribution is 2.34. The van der Waals surface area contributed by atoms with Crippen molar-refractivity contribution in [2.75, 3.05) is 19.3 Å². The molecular weight excluding hydrogens is 247 g/mol. The van der Waals surface area contributed by atoms with Gasteiger partial charge in [0.25, 0.3) is 0 Å². The van der Waals surface area contributed by atoms with Crippen LogP contribution in [-0.2, 0) is 6.54 Å². The van der Waals surface area contributed by atoms with Gasteiger partial charge in [-0.3, -0.25) is 4.90 Å². The first kappa shape index (κ1) is 13.4.